The second kappa shape index (κ2) is 6.86. The van der Waals surface area contributed by atoms with Crippen molar-refractivity contribution in [3.63, 3.8) is 0 Å². The van der Waals surface area contributed by atoms with Gasteiger partial charge in [0.15, 0.2) is 0 Å². The van der Waals surface area contributed by atoms with E-state index in [0.717, 1.165) is 15.8 Å². The Morgan fingerprint density at radius 3 is 2.80 bits per heavy atom. The molecule has 0 spiro atoms. The van der Waals surface area contributed by atoms with Crippen LogP contribution in [0.15, 0.2) is 59.7 Å². The third kappa shape index (κ3) is 3.93. The number of nitrogens with zero attached hydrogens (tertiary/aromatic N) is 1. The Morgan fingerprint density at radius 2 is 2.15 bits per heavy atom. The van der Waals surface area contributed by atoms with Gasteiger partial charge in [0.2, 0.25) is 0 Å². The summed E-state index contributed by atoms with van der Waals surface area (Å²) in [7, 11) is 0. The lowest BCUT2D eigenvalue weighted by atomic mass is 10.3. The van der Waals surface area contributed by atoms with Gasteiger partial charge >= 0.3 is 0 Å². The van der Waals surface area contributed by atoms with Gasteiger partial charge in [0.05, 0.1) is 11.9 Å². The monoisotopic (exact) mass is 331 g/mol. The average Bonchev–Trinajstić information content (AvgIpc) is 2.45. The normalized spacial score (nSPS) is 9.85. The van der Waals surface area contributed by atoms with E-state index in [-0.39, 0.29) is 5.91 Å². The lowest BCUT2D eigenvalue weighted by Gasteiger charge is -2.07. The number of carbonyl (C=O) groups is 1. The first-order valence-electron chi connectivity index (χ1n) is 6.07. The predicted octanol–water partition coefficient (Wildman–Crippen LogP) is 3.50. The lowest BCUT2D eigenvalue weighted by molar-refractivity contribution is 0.0953. The second-order valence-corrected chi connectivity index (χ2v) is 4.98. The molecule has 0 saturated heterocycles. The topological polar surface area (TPSA) is 54.0 Å². The van der Waals surface area contributed by atoms with Gasteiger partial charge in [0.1, 0.15) is 5.69 Å². The van der Waals surface area contributed by atoms with Crippen molar-refractivity contribution in [3.8, 4) is 0 Å². The van der Waals surface area contributed by atoms with Crippen LogP contribution >= 0.6 is 15.9 Å². The summed E-state index contributed by atoms with van der Waals surface area (Å²) in [6.45, 7) is 3.97. The van der Waals surface area contributed by atoms with Crippen molar-refractivity contribution in [2.24, 2.45) is 0 Å². The van der Waals surface area contributed by atoms with E-state index in [1.165, 1.54) is 0 Å². The molecule has 1 heterocycles. The minimum absolute atomic E-state index is 0.209. The zero-order chi connectivity index (χ0) is 14.4. The molecule has 0 radical (unpaired) electrons. The number of halogens is 1. The molecule has 2 rings (SSSR count). The Hall–Kier alpha value is -2.14. The first-order valence-corrected chi connectivity index (χ1v) is 6.86. The molecule has 0 fully saturated rings. The number of rotatable bonds is 5. The van der Waals surface area contributed by atoms with Crippen LogP contribution in [0.25, 0.3) is 0 Å². The Labute approximate surface area is 126 Å². The van der Waals surface area contributed by atoms with Gasteiger partial charge in [-0.05, 0) is 30.3 Å². The second-order valence-electron chi connectivity index (χ2n) is 4.07. The molecular formula is C15H14BrN3O. The summed E-state index contributed by atoms with van der Waals surface area (Å²) in [5, 5.41) is 5.89. The fraction of sp³-hybridized carbons (Fsp3) is 0.0667. The smallest absolute Gasteiger partial charge is 0.270 e. The molecule has 0 aliphatic rings. The molecule has 0 aliphatic carbocycles. The molecule has 102 valence electrons. The summed E-state index contributed by atoms with van der Waals surface area (Å²) in [6.07, 6.45) is 3.25. The van der Waals surface area contributed by atoms with Gasteiger partial charge < -0.3 is 10.6 Å². The summed E-state index contributed by atoms with van der Waals surface area (Å²) in [5.41, 5.74) is 2.15. The van der Waals surface area contributed by atoms with Crippen LogP contribution in [0.2, 0.25) is 0 Å². The molecule has 0 saturated carbocycles. The Bertz CT molecular complexity index is 611. The Morgan fingerprint density at radius 1 is 1.30 bits per heavy atom. The van der Waals surface area contributed by atoms with Crippen molar-refractivity contribution in [2.75, 3.05) is 11.9 Å². The van der Waals surface area contributed by atoms with Crippen LogP contribution in [-0.2, 0) is 0 Å². The van der Waals surface area contributed by atoms with Crippen LogP contribution in [0.5, 0.6) is 0 Å². The third-order valence-electron chi connectivity index (χ3n) is 2.52. The number of hydrogen-bond donors (Lipinski definition) is 2. The van der Waals surface area contributed by atoms with E-state index in [2.05, 4.69) is 38.1 Å². The van der Waals surface area contributed by atoms with E-state index in [4.69, 9.17) is 0 Å². The molecule has 0 bridgehead atoms. The molecule has 0 unspecified atom stereocenters. The summed E-state index contributed by atoms with van der Waals surface area (Å²) in [5.74, 6) is -0.209. The van der Waals surface area contributed by atoms with Gasteiger partial charge in [-0.3, -0.25) is 4.79 Å². The van der Waals surface area contributed by atoms with Crippen molar-refractivity contribution in [1.29, 1.82) is 0 Å². The predicted molar refractivity (Wildman–Crippen MR) is 84.2 cm³/mol. The molecule has 4 nitrogen and oxygen atoms in total. The first kappa shape index (κ1) is 14.3. The van der Waals surface area contributed by atoms with Crippen molar-refractivity contribution in [3.05, 3.63) is 65.4 Å². The fourth-order valence-corrected chi connectivity index (χ4v) is 1.99. The van der Waals surface area contributed by atoms with E-state index >= 15 is 0 Å². The zero-order valence-corrected chi connectivity index (χ0v) is 12.4. The SMILES string of the molecule is C=CCNC(=O)c1ccc(Nc2cccc(Br)c2)cn1. The van der Waals surface area contributed by atoms with Gasteiger partial charge in [0, 0.05) is 16.7 Å². The molecule has 2 N–H and O–H groups in total. The maximum Gasteiger partial charge on any atom is 0.270 e. The molecule has 0 aliphatic heterocycles. The van der Waals surface area contributed by atoms with E-state index in [1.807, 2.05) is 30.3 Å². The van der Waals surface area contributed by atoms with Crippen molar-refractivity contribution in [1.82, 2.24) is 10.3 Å². The number of carbonyl (C=O) groups excluding carboxylic acids is 1. The zero-order valence-electron chi connectivity index (χ0n) is 10.8. The van der Waals surface area contributed by atoms with Crippen LogP contribution in [0.4, 0.5) is 11.4 Å². The quantitative estimate of drug-likeness (QED) is 0.824. The molecular weight excluding hydrogens is 318 g/mol. The number of hydrogen-bond acceptors (Lipinski definition) is 3. The highest BCUT2D eigenvalue weighted by Gasteiger charge is 2.05. The summed E-state index contributed by atoms with van der Waals surface area (Å²) in [6, 6.07) is 11.3. The summed E-state index contributed by atoms with van der Waals surface area (Å²) in [4.78, 5) is 15.8. The van der Waals surface area contributed by atoms with E-state index < -0.39 is 0 Å². The van der Waals surface area contributed by atoms with Gasteiger partial charge in [0.25, 0.3) is 5.91 Å². The molecule has 1 aromatic heterocycles. The molecule has 20 heavy (non-hydrogen) atoms. The number of anilines is 2. The maximum absolute atomic E-state index is 11.7. The summed E-state index contributed by atoms with van der Waals surface area (Å²) >= 11 is 3.41. The number of amides is 1. The van der Waals surface area contributed by atoms with Crippen molar-refractivity contribution in [2.45, 2.75) is 0 Å². The van der Waals surface area contributed by atoms with Crippen LogP contribution in [0.3, 0.4) is 0 Å². The van der Waals surface area contributed by atoms with Gasteiger partial charge in [-0.1, -0.05) is 28.1 Å². The Balaban J connectivity index is 2.04. The van der Waals surface area contributed by atoms with E-state index in [9.17, 15) is 4.79 Å². The standard InChI is InChI=1S/C15H14BrN3O/c1-2-8-17-15(20)14-7-6-13(10-18-14)19-12-5-3-4-11(16)9-12/h2-7,9-10,19H,1,8H2,(H,17,20). The van der Waals surface area contributed by atoms with Crippen molar-refractivity contribution < 1.29 is 4.79 Å². The van der Waals surface area contributed by atoms with Crippen LogP contribution in [0, 0.1) is 0 Å². The highest BCUT2D eigenvalue weighted by Crippen LogP contribution is 2.19. The highest BCUT2D eigenvalue weighted by molar-refractivity contribution is 9.10. The lowest BCUT2D eigenvalue weighted by Crippen LogP contribution is -2.24. The van der Waals surface area contributed by atoms with Gasteiger partial charge in [-0.2, -0.15) is 0 Å². The summed E-state index contributed by atoms with van der Waals surface area (Å²) < 4.78 is 0.996. The molecule has 1 aromatic carbocycles. The van der Waals surface area contributed by atoms with Crippen LogP contribution < -0.4 is 10.6 Å². The first-order chi connectivity index (χ1) is 9.69. The average molecular weight is 332 g/mol. The molecule has 1 amide bonds. The number of nitrogens with one attached hydrogen (secondary N) is 2. The molecule has 2 aromatic rings. The van der Waals surface area contributed by atoms with Crippen LogP contribution in [-0.4, -0.2) is 17.4 Å². The minimum atomic E-state index is -0.209. The van der Waals surface area contributed by atoms with Crippen molar-refractivity contribution >= 4 is 33.2 Å². The minimum Gasteiger partial charge on any atom is -0.354 e. The third-order valence-corrected chi connectivity index (χ3v) is 3.01. The Kier molecular flexibility index (Phi) is 4.90. The van der Waals surface area contributed by atoms with Gasteiger partial charge in [-0.15, -0.1) is 6.58 Å². The fourth-order valence-electron chi connectivity index (χ4n) is 1.59. The maximum atomic E-state index is 11.7. The van der Waals surface area contributed by atoms with E-state index in [1.54, 1.807) is 18.3 Å². The van der Waals surface area contributed by atoms with Crippen LogP contribution in [0.1, 0.15) is 10.5 Å². The van der Waals surface area contributed by atoms with Gasteiger partial charge in [-0.25, -0.2) is 4.98 Å². The number of benzene rings is 1. The number of aromatic nitrogens is 1. The molecule has 5 heteroatoms. The number of pyridine rings is 1. The molecule has 0 atom stereocenters. The highest BCUT2D eigenvalue weighted by atomic mass is 79.9. The van der Waals surface area contributed by atoms with E-state index in [0.29, 0.717) is 12.2 Å². The largest absolute Gasteiger partial charge is 0.354 e.